The Morgan fingerprint density at radius 3 is 2.71 bits per heavy atom. The van der Waals surface area contributed by atoms with Gasteiger partial charge in [0, 0.05) is 6.04 Å². The van der Waals surface area contributed by atoms with E-state index in [0.29, 0.717) is 0 Å². The molecule has 7 heteroatoms. The number of thiophene rings is 1. The average molecular weight is 317 g/mol. The molecule has 0 saturated heterocycles. The molecule has 0 saturated carbocycles. The summed E-state index contributed by atoms with van der Waals surface area (Å²) in [4.78, 5) is 0. The maximum Gasteiger partial charge on any atom is 0.214 e. The largest absolute Gasteiger partial charge is 0.327 e. The van der Waals surface area contributed by atoms with Gasteiger partial charge >= 0.3 is 0 Å². The lowest BCUT2D eigenvalue weighted by Crippen LogP contribution is -2.22. The lowest BCUT2D eigenvalue weighted by atomic mass is 10.1. The summed E-state index contributed by atoms with van der Waals surface area (Å²) in [6.45, 7) is 2.01. The van der Waals surface area contributed by atoms with E-state index in [0.717, 1.165) is 10.8 Å². The van der Waals surface area contributed by atoms with E-state index in [2.05, 4.69) is 32.4 Å². The van der Waals surface area contributed by atoms with E-state index in [1.54, 1.807) is 27.8 Å². The first kappa shape index (κ1) is 14.2. The van der Waals surface area contributed by atoms with Crippen molar-refractivity contribution in [1.29, 1.82) is 0 Å². The Kier molecular flexibility index (Phi) is 4.33. The molecule has 2 unspecified atom stereocenters. The summed E-state index contributed by atoms with van der Waals surface area (Å²) >= 11 is 3.26. The maximum atomic E-state index is 6.14. The van der Waals surface area contributed by atoms with E-state index in [1.807, 2.05) is 37.3 Å². The summed E-state index contributed by atoms with van der Waals surface area (Å²) < 4.78 is 1.74. The molecule has 0 aliphatic heterocycles. The Bertz CT molecular complexity index is 678. The highest BCUT2D eigenvalue weighted by atomic mass is 32.2. The SMILES string of the molecule is CC(N)C(Sc1nnnn1-c1ccccc1)c1ccsc1. The third kappa shape index (κ3) is 3.15. The number of para-hydroxylation sites is 1. The Morgan fingerprint density at radius 2 is 2.05 bits per heavy atom. The molecule has 0 bridgehead atoms. The van der Waals surface area contributed by atoms with Crippen molar-refractivity contribution < 1.29 is 0 Å². The number of tetrazole rings is 1. The molecule has 3 rings (SSSR count). The Balaban J connectivity index is 1.90. The van der Waals surface area contributed by atoms with Gasteiger partial charge in [0.15, 0.2) is 0 Å². The highest BCUT2D eigenvalue weighted by molar-refractivity contribution is 7.99. The number of hydrogen-bond donors (Lipinski definition) is 1. The van der Waals surface area contributed by atoms with Crippen LogP contribution in [0.5, 0.6) is 0 Å². The van der Waals surface area contributed by atoms with Crippen LogP contribution < -0.4 is 5.73 Å². The van der Waals surface area contributed by atoms with E-state index in [1.165, 1.54) is 5.56 Å². The maximum absolute atomic E-state index is 6.14. The minimum Gasteiger partial charge on any atom is -0.327 e. The molecule has 0 fully saturated rings. The molecule has 1 aromatic carbocycles. The molecule has 2 heterocycles. The lowest BCUT2D eigenvalue weighted by Gasteiger charge is -2.18. The zero-order chi connectivity index (χ0) is 14.7. The number of aromatic nitrogens is 4. The summed E-state index contributed by atoms with van der Waals surface area (Å²) in [5.74, 6) is 0. The predicted molar refractivity (Wildman–Crippen MR) is 85.7 cm³/mol. The quantitative estimate of drug-likeness (QED) is 0.733. The predicted octanol–water partition coefficient (Wildman–Crippen LogP) is 2.90. The first-order valence-corrected chi connectivity index (χ1v) is 8.36. The van der Waals surface area contributed by atoms with Gasteiger partial charge in [0.2, 0.25) is 5.16 Å². The van der Waals surface area contributed by atoms with Gasteiger partial charge in [-0.15, -0.1) is 5.10 Å². The van der Waals surface area contributed by atoms with Crippen LogP contribution in [0.2, 0.25) is 0 Å². The number of benzene rings is 1. The van der Waals surface area contributed by atoms with Gasteiger partial charge in [0.05, 0.1) is 10.9 Å². The zero-order valence-electron chi connectivity index (χ0n) is 11.5. The summed E-state index contributed by atoms with van der Waals surface area (Å²) in [6.07, 6.45) is 0. The van der Waals surface area contributed by atoms with Gasteiger partial charge in [0.25, 0.3) is 0 Å². The van der Waals surface area contributed by atoms with Crippen LogP contribution in [0.1, 0.15) is 17.7 Å². The van der Waals surface area contributed by atoms with Gasteiger partial charge < -0.3 is 5.73 Å². The van der Waals surface area contributed by atoms with Crippen LogP contribution in [0.25, 0.3) is 5.69 Å². The molecule has 0 aliphatic rings. The first-order chi connectivity index (χ1) is 10.3. The van der Waals surface area contributed by atoms with Gasteiger partial charge in [-0.1, -0.05) is 30.0 Å². The molecule has 2 atom stereocenters. The van der Waals surface area contributed by atoms with Crippen LogP contribution in [0.15, 0.2) is 52.3 Å². The van der Waals surface area contributed by atoms with E-state index in [4.69, 9.17) is 5.73 Å². The van der Waals surface area contributed by atoms with E-state index in [-0.39, 0.29) is 11.3 Å². The van der Waals surface area contributed by atoms with E-state index < -0.39 is 0 Å². The molecule has 21 heavy (non-hydrogen) atoms. The highest BCUT2D eigenvalue weighted by Crippen LogP contribution is 2.37. The molecule has 0 spiro atoms. The number of hydrogen-bond acceptors (Lipinski definition) is 6. The molecular weight excluding hydrogens is 302 g/mol. The Morgan fingerprint density at radius 1 is 1.24 bits per heavy atom. The van der Waals surface area contributed by atoms with Crippen molar-refractivity contribution in [3.05, 3.63) is 52.7 Å². The first-order valence-electron chi connectivity index (χ1n) is 6.54. The molecule has 108 valence electrons. The van der Waals surface area contributed by atoms with Crippen molar-refractivity contribution in [3.8, 4) is 5.69 Å². The molecule has 0 radical (unpaired) electrons. The van der Waals surface area contributed by atoms with Crippen LogP contribution >= 0.6 is 23.1 Å². The third-order valence-electron chi connectivity index (χ3n) is 3.02. The van der Waals surface area contributed by atoms with Crippen LogP contribution in [0, 0.1) is 0 Å². The van der Waals surface area contributed by atoms with Gasteiger partial charge in [-0.2, -0.15) is 16.0 Å². The van der Waals surface area contributed by atoms with Crippen molar-refractivity contribution in [1.82, 2.24) is 20.2 Å². The number of nitrogens with two attached hydrogens (primary N) is 1. The molecule has 2 N–H and O–H groups in total. The fraction of sp³-hybridized carbons (Fsp3) is 0.214. The number of nitrogens with zero attached hydrogens (tertiary/aromatic N) is 4. The van der Waals surface area contributed by atoms with Gasteiger partial charge in [-0.25, -0.2) is 0 Å². The topological polar surface area (TPSA) is 69.6 Å². The smallest absolute Gasteiger partial charge is 0.214 e. The molecule has 0 amide bonds. The van der Waals surface area contributed by atoms with Crippen molar-refractivity contribution in [3.63, 3.8) is 0 Å². The van der Waals surface area contributed by atoms with Crippen LogP contribution in [-0.4, -0.2) is 26.2 Å². The summed E-state index contributed by atoms with van der Waals surface area (Å²) in [6, 6.07) is 12.0. The fourth-order valence-corrected chi connectivity index (χ4v) is 3.85. The summed E-state index contributed by atoms with van der Waals surface area (Å²) in [5.41, 5.74) is 8.29. The molecular formula is C14H15N5S2. The van der Waals surface area contributed by atoms with Crippen molar-refractivity contribution in [2.45, 2.75) is 23.4 Å². The number of thioether (sulfide) groups is 1. The minimum atomic E-state index is 0.00511. The van der Waals surface area contributed by atoms with Gasteiger partial charge in [0.1, 0.15) is 0 Å². The zero-order valence-corrected chi connectivity index (χ0v) is 13.1. The Labute approximate surface area is 131 Å². The van der Waals surface area contributed by atoms with Crippen LogP contribution in [-0.2, 0) is 0 Å². The monoisotopic (exact) mass is 317 g/mol. The van der Waals surface area contributed by atoms with Crippen molar-refractivity contribution in [2.24, 2.45) is 5.73 Å². The van der Waals surface area contributed by atoms with Gasteiger partial charge in [-0.05, 0) is 51.9 Å². The second-order valence-electron chi connectivity index (χ2n) is 4.66. The van der Waals surface area contributed by atoms with Crippen LogP contribution in [0.4, 0.5) is 0 Å². The van der Waals surface area contributed by atoms with Gasteiger partial charge in [-0.3, -0.25) is 0 Å². The summed E-state index contributed by atoms with van der Waals surface area (Å²) in [7, 11) is 0. The van der Waals surface area contributed by atoms with E-state index in [9.17, 15) is 0 Å². The molecule has 5 nitrogen and oxygen atoms in total. The van der Waals surface area contributed by atoms with Crippen LogP contribution in [0.3, 0.4) is 0 Å². The van der Waals surface area contributed by atoms with E-state index >= 15 is 0 Å². The third-order valence-corrected chi connectivity index (χ3v) is 5.15. The molecule has 0 aliphatic carbocycles. The lowest BCUT2D eigenvalue weighted by molar-refractivity contribution is 0.711. The highest BCUT2D eigenvalue weighted by Gasteiger charge is 2.22. The van der Waals surface area contributed by atoms with Crippen molar-refractivity contribution >= 4 is 23.1 Å². The summed E-state index contributed by atoms with van der Waals surface area (Å²) in [5, 5.41) is 17.1. The second kappa shape index (κ2) is 6.38. The second-order valence-corrected chi connectivity index (χ2v) is 6.55. The molecule has 3 aromatic rings. The minimum absolute atomic E-state index is 0.00511. The Hall–Kier alpha value is -1.70. The fourth-order valence-electron chi connectivity index (χ4n) is 2.01. The van der Waals surface area contributed by atoms with Crippen molar-refractivity contribution in [2.75, 3.05) is 0 Å². The number of rotatable bonds is 5. The molecule has 2 aromatic heterocycles. The average Bonchev–Trinajstić information content (AvgIpc) is 3.17. The normalized spacial score (nSPS) is 14.0. The standard InChI is InChI=1S/C14H15N5S2/c1-10(15)13(11-7-8-20-9-11)21-14-16-17-18-19(14)12-5-3-2-4-6-12/h2-10,13H,15H2,1H3.